The molecule has 1 atom stereocenters. The summed E-state index contributed by atoms with van der Waals surface area (Å²) < 4.78 is 0. The van der Waals surface area contributed by atoms with Crippen LogP contribution >= 0.6 is 22.7 Å². The molecule has 0 aliphatic rings. The van der Waals surface area contributed by atoms with Crippen LogP contribution in [0.15, 0.2) is 29.1 Å². The molecule has 0 saturated heterocycles. The largest absolute Gasteiger partial charge is 0.303 e. The van der Waals surface area contributed by atoms with Gasteiger partial charge in [0.1, 0.15) is 5.01 Å². The minimum Gasteiger partial charge on any atom is -0.303 e. The van der Waals surface area contributed by atoms with E-state index in [1.54, 1.807) is 22.7 Å². The zero-order valence-corrected chi connectivity index (χ0v) is 9.57. The Kier molecular flexibility index (Phi) is 3.29. The fraction of sp³-hybridized carbons (Fsp3) is 0.300. The first-order chi connectivity index (χ1) is 6.86. The number of rotatable bonds is 4. The van der Waals surface area contributed by atoms with E-state index >= 15 is 0 Å². The van der Waals surface area contributed by atoms with Crippen molar-refractivity contribution in [1.29, 1.82) is 0 Å². The van der Waals surface area contributed by atoms with Crippen molar-refractivity contribution in [2.75, 3.05) is 0 Å². The van der Waals surface area contributed by atoms with Gasteiger partial charge in [-0.1, -0.05) is 6.07 Å². The summed E-state index contributed by atoms with van der Waals surface area (Å²) in [6.07, 6.45) is 1.84. The maximum atomic E-state index is 4.23. The van der Waals surface area contributed by atoms with Crippen molar-refractivity contribution in [3.8, 4) is 0 Å². The average Bonchev–Trinajstić information content (AvgIpc) is 2.87. The summed E-state index contributed by atoms with van der Waals surface area (Å²) in [5.74, 6) is 0. The zero-order valence-electron chi connectivity index (χ0n) is 7.93. The molecular formula is C10H12N2S2. The van der Waals surface area contributed by atoms with Crippen molar-refractivity contribution >= 4 is 22.7 Å². The SMILES string of the molecule is CC(NCc1nccs1)c1cccs1. The number of thiophene rings is 1. The maximum Gasteiger partial charge on any atom is 0.106 e. The number of thiazole rings is 1. The summed E-state index contributed by atoms with van der Waals surface area (Å²) >= 11 is 3.48. The fourth-order valence-electron chi connectivity index (χ4n) is 1.22. The smallest absolute Gasteiger partial charge is 0.106 e. The van der Waals surface area contributed by atoms with Crippen LogP contribution in [0.5, 0.6) is 0 Å². The molecule has 0 saturated carbocycles. The molecule has 2 aromatic heterocycles. The van der Waals surface area contributed by atoms with Gasteiger partial charge in [0.2, 0.25) is 0 Å². The lowest BCUT2D eigenvalue weighted by Crippen LogP contribution is -2.16. The Morgan fingerprint density at radius 1 is 1.43 bits per heavy atom. The van der Waals surface area contributed by atoms with Crippen molar-refractivity contribution in [2.24, 2.45) is 0 Å². The van der Waals surface area contributed by atoms with Crippen LogP contribution in [0.4, 0.5) is 0 Å². The Balaban J connectivity index is 1.87. The molecule has 0 aliphatic carbocycles. The molecule has 74 valence electrons. The van der Waals surface area contributed by atoms with Crippen LogP contribution in [0.25, 0.3) is 0 Å². The molecule has 4 heteroatoms. The molecule has 0 bridgehead atoms. The molecule has 2 rings (SSSR count). The molecule has 2 aromatic rings. The Labute approximate surface area is 91.6 Å². The van der Waals surface area contributed by atoms with Crippen LogP contribution in [0.3, 0.4) is 0 Å². The van der Waals surface area contributed by atoms with E-state index in [4.69, 9.17) is 0 Å². The van der Waals surface area contributed by atoms with Gasteiger partial charge in [-0.15, -0.1) is 22.7 Å². The van der Waals surface area contributed by atoms with Gasteiger partial charge in [-0.2, -0.15) is 0 Å². The van der Waals surface area contributed by atoms with Crippen molar-refractivity contribution in [3.05, 3.63) is 39.0 Å². The maximum absolute atomic E-state index is 4.23. The highest BCUT2D eigenvalue weighted by Crippen LogP contribution is 2.18. The Bertz CT molecular complexity index is 353. The fourth-order valence-corrected chi connectivity index (χ4v) is 2.54. The second-order valence-corrected chi connectivity index (χ2v) is 5.00. The lowest BCUT2D eigenvalue weighted by Gasteiger charge is -2.09. The highest BCUT2D eigenvalue weighted by atomic mass is 32.1. The minimum atomic E-state index is 0.416. The van der Waals surface area contributed by atoms with E-state index in [1.807, 2.05) is 11.6 Å². The Morgan fingerprint density at radius 2 is 2.36 bits per heavy atom. The van der Waals surface area contributed by atoms with Crippen LogP contribution in [-0.4, -0.2) is 4.98 Å². The van der Waals surface area contributed by atoms with Crippen molar-refractivity contribution in [3.63, 3.8) is 0 Å². The quantitative estimate of drug-likeness (QED) is 0.863. The molecule has 14 heavy (non-hydrogen) atoms. The molecule has 0 aromatic carbocycles. The van der Waals surface area contributed by atoms with E-state index in [0.717, 1.165) is 11.6 Å². The lowest BCUT2D eigenvalue weighted by molar-refractivity contribution is 0.581. The normalized spacial score (nSPS) is 12.9. The van der Waals surface area contributed by atoms with Gasteiger partial charge < -0.3 is 5.32 Å². The van der Waals surface area contributed by atoms with E-state index in [0.29, 0.717) is 6.04 Å². The monoisotopic (exact) mass is 224 g/mol. The third-order valence-electron chi connectivity index (χ3n) is 2.01. The molecular weight excluding hydrogens is 212 g/mol. The van der Waals surface area contributed by atoms with E-state index in [9.17, 15) is 0 Å². The van der Waals surface area contributed by atoms with Gasteiger partial charge in [0.15, 0.2) is 0 Å². The molecule has 0 radical (unpaired) electrons. The topological polar surface area (TPSA) is 24.9 Å². The van der Waals surface area contributed by atoms with Crippen LogP contribution < -0.4 is 5.32 Å². The van der Waals surface area contributed by atoms with Gasteiger partial charge >= 0.3 is 0 Å². The first-order valence-electron chi connectivity index (χ1n) is 4.51. The van der Waals surface area contributed by atoms with Gasteiger partial charge in [0.05, 0.1) is 0 Å². The van der Waals surface area contributed by atoms with Crippen LogP contribution in [0.2, 0.25) is 0 Å². The number of hydrogen-bond donors (Lipinski definition) is 1. The van der Waals surface area contributed by atoms with Crippen LogP contribution in [0.1, 0.15) is 22.9 Å². The average molecular weight is 224 g/mol. The summed E-state index contributed by atoms with van der Waals surface area (Å²) in [6.45, 7) is 3.04. The van der Waals surface area contributed by atoms with E-state index in [-0.39, 0.29) is 0 Å². The van der Waals surface area contributed by atoms with Gasteiger partial charge in [-0.3, -0.25) is 0 Å². The third kappa shape index (κ3) is 2.41. The molecule has 2 nitrogen and oxygen atoms in total. The molecule has 0 fully saturated rings. The lowest BCUT2D eigenvalue weighted by atomic mass is 10.3. The summed E-state index contributed by atoms with van der Waals surface area (Å²) in [6, 6.07) is 4.66. The highest BCUT2D eigenvalue weighted by Gasteiger charge is 2.05. The van der Waals surface area contributed by atoms with E-state index in [2.05, 4.69) is 34.7 Å². The van der Waals surface area contributed by atoms with Crippen LogP contribution in [-0.2, 0) is 6.54 Å². The molecule has 1 N–H and O–H groups in total. The van der Waals surface area contributed by atoms with Crippen molar-refractivity contribution in [1.82, 2.24) is 10.3 Å². The number of hydrogen-bond acceptors (Lipinski definition) is 4. The van der Waals surface area contributed by atoms with Crippen LogP contribution in [0, 0.1) is 0 Å². The summed E-state index contributed by atoms with van der Waals surface area (Å²) in [5, 5.41) is 8.71. The van der Waals surface area contributed by atoms with Gasteiger partial charge in [-0.25, -0.2) is 4.98 Å². The van der Waals surface area contributed by atoms with Gasteiger partial charge in [-0.05, 0) is 18.4 Å². The summed E-state index contributed by atoms with van der Waals surface area (Å²) in [5.41, 5.74) is 0. The molecule has 2 heterocycles. The summed E-state index contributed by atoms with van der Waals surface area (Å²) in [4.78, 5) is 5.61. The zero-order chi connectivity index (χ0) is 9.80. The molecule has 0 spiro atoms. The predicted octanol–water partition coefficient (Wildman–Crippen LogP) is 3.06. The van der Waals surface area contributed by atoms with Gasteiger partial charge in [0.25, 0.3) is 0 Å². The number of nitrogens with zero attached hydrogens (tertiary/aromatic N) is 1. The molecule has 1 unspecified atom stereocenters. The standard InChI is InChI=1S/C10H12N2S2/c1-8(9-3-2-5-13-9)12-7-10-11-4-6-14-10/h2-6,8,12H,7H2,1H3. The first kappa shape index (κ1) is 9.83. The molecule has 0 aliphatic heterocycles. The Morgan fingerprint density at radius 3 is 3.00 bits per heavy atom. The highest BCUT2D eigenvalue weighted by molar-refractivity contribution is 7.10. The summed E-state index contributed by atoms with van der Waals surface area (Å²) in [7, 11) is 0. The first-order valence-corrected chi connectivity index (χ1v) is 6.27. The van der Waals surface area contributed by atoms with Crippen molar-refractivity contribution in [2.45, 2.75) is 19.5 Å². The van der Waals surface area contributed by atoms with Crippen molar-refractivity contribution < 1.29 is 0 Å². The number of aromatic nitrogens is 1. The third-order valence-corrected chi connectivity index (χ3v) is 3.85. The Hall–Kier alpha value is -0.710. The van der Waals surface area contributed by atoms with E-state index in [1.165, 1.54) is 4.88 Å². The molecule has 0 amide bonds. The second kappa shape index (κ2) is 4.68. The van der Waals surface area contributed by atoms with Gasteiger partial charge in [0, 0.05) is 29.0 Å². The minimum absolute atomic E-state index is 0.416. The second-order valence-electron chi connectivity index (χ2n) is 3.04. The predicted molar refractivity (Wildman–Crippen MR) is 61.7 cm³/mol. The van der Waals surface area contributed by atoms with E-state index < -0.39 is 0 Å². The number of nitrogens with one attached hydrogen (secondary N) is 1.